The Balaban J connectivity index is 1.37. The van der Waals surface area contributed by atoms with Crippen molar-refractivity contribution in [3.63, 3.8) is 0 Å². The number of carbonyl (C=O) groups excluding carboxylic acids is 1. The molecule has 0 N–H and O–H groups in total. The first-order chi connectivity index (χ1) is 10.6. The van der Waals surface area contributed by atoms with Crippen LogP contribution in [0.4, 0.5) is 0 Å². The van der Waals surface area contributed by atoms with E-state index in [1.807, 2.05) is 16.7 Å². The molecular formula is C17H29NO3S. The van der Waals surface area contributed by atoms with E-state index in [1.165, 1.54) is 0 Å². The standard InChI is InChI=1S/C17H29NO3S/c1-13(2)7-16(19)18-11-17(12-18)8-15(10-22-17)21-9-14-3-5-20-6-4-14/h13-15H,3-12H2,1-2H3/t15-/m1/s1. The van der Waals surface area contributed by atoms with Crippen LogP contribution in [0, 0.1) is 11.8 Å². The lowest BCUT2D eigenvalue weighted by Crippen LogP contribution is -2.60. The maximum Gasteiger partial charge on any atom is 0.222 e. The molecule has 0 aromatic carbocycles. The van der Waals surface area contributed by atoms with Gasteiger partial charge in [-0.05, 0) is 31.1 Å². The van der Waals surface area contributed by atoms with Gasteiger partial charge in [-0.25, -0.2) is 0 Å². The summed E-state index contributed by atoms with van der Waals surface area (Å²) in [6.45, 7) is 8.76. The highest BCUT2D eigenvalue weighted by Crippen LogP contribution is 2.46. The van der Waals surface area contributed by atoms with E-state index in [0.29, 0.717) is 35.0 Å². The maximum absolute atomic E-state index is 12.1. The number of thioether (sulfide) groups is 1. The van der Waals surface area contributed by atoms with Crippen LogP contribution in [0.3, 0.4) is 0 Å². The van der Waals surface area contributed by atoms with E-state index in [1.54, 1.807) is 0 Å². The van der Waals surface area contributed by atoms with Crippen molar-refractivity contribution in [2.24, 2.45) is 11.8 Å². The molecule has 126 valence electrons. The summed E-state index contributed by atoms with van der Waals surface area (Å²) < 4.78 is 11.8. The van der Waals surface area contributed by atoms with E-state index in [0.717, 1.165) is 57.9 Å². The average Bonchev–Trinajstić information content (AvgIpc) is 2.88. The fraction of sp³-hybridized carbons (Fsp3) is 0.941. The third-order valence-corrected chi connectivity index (χ3v) is 6.55. The molecule has 0 unspecified atom stereocenters. The highest BCUT2D eigenvalue weighted by atomic mass is 32.2. The number of hydrogen-bond donors (Lipinski definition) is 0. The van der Waals surface area contributed by atoms with Gasteiger partial charge in [0.2, 0.25) is 5.91 Å². The normalized spacial score (nSPS) is 28.3. The zero-order valence-corrected chi connectivity index (χ0v) is 14.7. The molecule has 0 saturated carbocycles. The zero-order valence-electron chi connectivity index (χ0n) is 13.9. The predicted molar refractivity (Wildman–Crippen MR) is 89.1 cm³/mol. The fourth-order valence-corrected chi connectivity index (χ4v) is 5.17. The number of hydrogen-bond acceptors (Lipinski definition) is 4. The van der Waals surface area contributed by atoms with Crippen LogP contribution in [-0.4, -0.2) is 60.3 Å². The largest absolute Gasteiger partial charge is 0.381 e. The molecule has 5 heteroatoms. The molecule has 1 atom stereocenters. The van der Waals surface area contributed by atoms with E-state index in [2.05, 4.69) is 13.8 Å². The fourth-order valence-electron chi connectivity index (χ4n) is 3.62. The van der Waals surface area contributed by atoms with Crippen molar-refractivity contribution in [2.75, 3.05) is 38.7 Å². The molecule has 0 bridgehead atoms. The molecule has 0 aromatic heterocycles. The van der Waals surface area contributed by atoms with Crippen molar-refractivity contribution in [2.45, 2.75) is 50.4 Å². The highest BCUT2D eigenvalue weighted by molar-refractivity contribution is 8.01. The minimum Gasteiger partial charge on any atom is -0.381 e. The second-order valence-corrected chi connectivity index (χ2v) is 9.05. The minimum atomic E-state index is 0.299. The van der Waals surface area contributed by atoms with Gasteiger partial charge in [0.25, 0.3) is 0 Å². The summed E-state index contributed by atoms with van der Waals surface area (Å²) in [6.07, 6.45) is 4.47. The molecular weight excluding hydrogens is 298 g/mol. The molecule has 0 aliphatic carbocycles. The zero-order chi connectivity index (χ0) is 15.6. The van der Waals surface area contributed by atoms with Crippen LogP contribution >= 0.6 is 11.8 Å². The van der Waals surface area contributed by atoms with Crippen molar-refractivity contribution >= 4 is 17.7 Å². The highest BCUT2D eigenvalue weighted by Gasteiger charge is 2.50. The third-order valence-electron chi connectivity index (χ3n) is 4.98. The Kier molecular flexibility index (Phi) is 5.35. The molecule has 3 rings (SSSR count). The first-order valence-corrected chi connectivity index (χ1v) is 9.66. The van der Waals surface area contributed by atoms with Crippen molar-refractivity contribution in [1.82, 2.24) is 4.90 Å². The van der Waals surface area contributed by atoms with E-state index in [4.69, 9.17) is 9.47 Å². The van der Waals surface area contributed by atoms with Crippen LogP contribution in [0.2, 0.25) is 0 Å². The van der Waals surface area contributed by atoms with Crippen LogP contribution in [0.25, 0.3) is 0 Å². The maximum atomic E-state index is 12.1. The van der Waals surface area contributed by atoms with E-state index in [9.17, 15) is 4.79 Å². The molecule has 0 aromatic rings. The first kappa shape index (κ1) is 16.6. The van der Waals surface area contributed by atoms with Gasteiger partial charge in [-0.1, -0.05) is 13.8 Å². The summed E-state index contributed by atoms with van der Waals surface area (Å²) in [5.41, 5.74) is 0. The van der Waals surface area contributed by atoms with Crippen LogP contribution < -0.4 is 0 Å². The van der Waals surface area contributed by atoms with Gasteiger partial charge in [0.15, 0.2) is 0 Å². The van der Waals surface area contributed by atoms with Gasteiger partial charge in [-0.3, -0.25) is 4.79 Å². The summed E-state index contributed by atoms with van der Waals surface area (Å²) in [4.78, 5) is 14.1. The lowest BCUT2D eigenvalue weighted by Gasteiger charge is -2.47. The number of likely N-dealkylation sites (tertiary alicyclic amines) is 1. The topological polar surface area (TPSA) is 38.8 Å². The van der Waals surface area contributed by atoms with Gasteiger partial charge in [-0.2, -0.15) is 0 Å². The number of rotatable bonds is 5. The van der Waals surface area contributed by atoms with E-state index < -0.39 is 0 Å². The van der Waals surface area contributed by atoms with Crippen LogP contribution in [0.5, 0.6) is 0 Å². The number of amides is 1. The monoisotopic (exact) mass is 327 g/mol. The summed E-state index contributed by atoms with van der Waals surface area (Å²) in [5.74, 6) is 2.56. The summed E-state index contributed by atoms with van der Waals surface area (Å²) in [5, 5.41) is 0. The lowest BCUT2D eigenvalue weighted by molar-refractivity contribution is -0.137. The van der Waals surface area contributed by atoms with Crippen LogP contribution in [-0.2, 0) is 14.3 Å². The van der Waals surface area contributed by atoms with Crippen LogP contribution in [0.15, 0.2) is 0 Å². The summed E-state index contributed by atoms with van der Waals surface area (Å²) >= 11 is 2.02. The molecule has 4 nitrogen and oxygen atoms in total. The first-order valence-electron chi connectivity index (χ1n) is 8.67. The Hall–Kier alpha value is -0.260. The van der Waals surface area contributed by atoms with Gasteiger partial charge in [0.05, 0.1) is 10.9 Å². The second-order valence-electron chi connectivity index (χ2n) is 7.56. The van der Waals surface area contributed by atoms with Crippen LogP contribution in [0.1, 0.15) is 39.5 Å². The van der Waals surface area contributed by atoms with E-state index >= 15 is 0 Å². The lowest BCUT2D eigenvalue weighted by atomic mass is 9.92. The van der Waals surface area contributed by atoms with Crippen molar-refractivity contribution in [3.8, 4) is 0 Å². The third kappa shape index (κ3) is 3.98. The SMILES string of the molecule is CC(C)CC(=O)N1CC2(C[C@@H](OCC3CCOCC3)CS2)C1. The van der Waals surface area contributed by atoms with Crippen molar-refractivity contribution < 1.29 is 14.3 Å². The number of carbonyl (C=O) groups is 1. The molecule has 1 spiro atoms. The molecule has 3 saturated heterocycles. The average molecular weight is 327 g/mol. The number of nitrogens with zero attached hydrogens (tertiary/aromatic N) is 1. The van der Waals surface area contributed by atoms with Gasteiger partial charge >= 0.3 is 0 Å². The number of ether oxygens (including phenoxy) is 2. The summed E-state index contributed by atoms with van der Waals surface area (Å²) in [6, 6.07) is 0. The molecule has 3 aliphatic rings. The van der Waals surface area contributed by atoms with Gasteiger partial charge in [0.1, 0.15) is 0 Å². The quantitative estimate of drug-likeness (QED) is 0.778. The van der Waals surface area contributed by atoms with Gasteiger partial charge < -0.3 is 14.4 Å². The minimum absolute atomic E-state index is 0.299. The van der Waals surface area contributed by atoms with Gasteiger partial charge in [0, 0.05) is 45.1 Å². The van der Waals surface area contributed by atoms with Crippen molar-refractivity contribution in [3.05, 3.63) is 0 Å². The predicted octanol–water partition coefficient (Wildman–Crippen LogP) is 2.56. The summed E-state index contributed by atoms with van der Waals surface area (Å²) in [7, 11) is 0. The Morgan fingerprint density at radius 3 is 2.77 bits per heavy atom. The van der Waals surface area contributed by atoms with E-state index in [-0.39, 0.29) is 0 Å². The molecule has 3 aliphatic heterocycles. The molecule has 22 heavy (non-hydrogen) atoms. The molecule has 0 radical (unpaired) electrons. The molecule has 1 amide bonds. The van der Waals surface area contributed by atoms with Gasteiger partial charge in [-0.15, -0.1) is 11.8 Å². The van der Waals surface area contributed by atoms with Crippen molar-refractivity contribution in [1.29, 1.82) is 0 Å². The molecule has 3 heterocycles. The Morgan fingerprint density at radius 2 is 2.09 bits per heavy atom. The molecule has 3 fully saturated rings. The Morgan fingerprint density at radius 1 is 1.36 bits per heavy atom. The second kappa shape index (κ2) is 7.10. The smallest absolute Gasteiger partial charge is 0.222 e. The Labute approximate surface area is 138 Å². The Bertz CT molecular complexity index is 389.